The minimum absolute atomic E-state index is 0.265. The number of hydrogen-bond acceptors (Lipinski definition) is 5. The van der Waals surface area contributed by atoms with Gasteiger partial charge < -0.3 is 4.52 Å². The van der Waals surface area contributed by atoms with E-state index in [-0.39, 0.29) is 5.92 Å². The molecule has 1 aromatic heterocycles. The van der Waals surface area contributed by atoms with Crippen molar-refractivity contribution in [3.63, 3.8) is 0 Å². The van der Waals surface area contributed by atoms with Crippen molar-refractivity contribution in [1.82, 2.24) is 9.97 Å². The van der Waals surface area contributed by atoms with E-state index in [4.69, 9.17) is 4.52 Å². The molecule has 7 heteroatoms. The van der Waals surface area contributed by atoms with Gasteiger partial charge in [0.1, 0.15) is 5.82 Å². The fourth-order valence-electron chi connectivity index (χ4n) is 1.04. The molecule has 0 aliphatic heterocycles. The van der Waals surface area contributed by atoms with E-state index >= 15 is 0 Å². The van der Waals surface area contributed by atoms with Gasteiger partial charge in [0.15, 0.2) is 5.75 Å². The third-order valence-corrected chi connectivity index (χ3v) is 6.24. The summed E-state index contributed by atoms with van der Waals surface area (Å²) in [5.41, 5.74) is 0. The van der Waals surface area contributed by atoms with Crippen LogP contribution in [-0.4, -0.2) is 15.7 Å². The van der Waals surface area contributed by atoms with E-state index in [2.05, 4.69) is 22.2 Å². The normalized spacial score (nSPS) is 14.6. The lowest BCUT2D eigenvalue weighted by Gasteiger charge is -2.12. The van der Waals surface area contributed by atoms with Gasteiger partial charge in [0, 0.05) is 11.7 Å². The van der Waals surface area contributed by atoms with Crippen LogP contribution in [0.2, 0.25) is 0 Å². The molecule has 4 nitrogen and oxygen atoms in total. The highest BCUT2D eigenvalue weighted by Gasteiger charge is 2.19. The summed E-state index contributed by atoms with van der Waals surface area (Å²) >= 11 is 5.27. The fraction of sp³-hybridized carbons (Fsp3) is 0.600. The van der Waals surface area contributed by atoms with Crippen molar-refractivity contribution in [2.75, 3.05) is 5.75 Å². The number of thiol groups is 1. The fourth-order valence-corrected chi connectivity index (χ4v) is 4.54. The molecule has 1 atom stereocenters. The Labute approximate surface area is 111 Å². The average Bonchev–Trinajstić information content (AvgIpc) is 2.26. The van der Waals surface area contributed by atoms with Gasteiger partial charge in [-0.05, 0) is 17.8 Å². The zero-order valence-electron chi connectivity index (χ0n) is 10.2. The van der Waals surface area contributed by atoms with E-state index in [1.165, 1.54) is 23.8 Å². The first-order valence-electron chi connectivity index (χ1n) is 5.43. The monoisotopic (exact) mass is 292 g/mol. The summed E-state index contributed by atoms with van der Waals surface area (Å²) in [5, 5.41) is 0. The Morgan fingerprint density at radius 2 is 2.06 bits per heavy atom. The number of aromatic nitrogens is 2. The Morgan fingerprint density at radius 1 is 1.47 bits per heavy atom. The molecule has 1 unspecified atom stereocenters. The lowest BCUT2D eigenvalue weighted by Crippen LogP contribution is -1.97. The van der Waals surface area contributed by atoms with Crippen LogP contribution in [0.1, 0.15) is 38.9 Å². The highest BCUT2D eigenvalue weighted by Crippen LogP contribution is 2.63. The van der Waals surface area contributed by atoms with Crippen molar-refractivity contribution < 1.29 is 9.09 Å². The van der Waals surface area contributed by atoms with Gasteiger partial charge in [-0.25, -0.2) is 9.97 Å². The lowest BCUT2D eigenvalue weighted by molar-refractivity contribution is 0.512. The van der Waals surface area contributed by atoms with Crippen LogP contribution in [0.4, 0.5) is 0 Å². The molecule has 0 radical (unpaired) electrons. The molecular formula is C10H17N2O2PS2. The summed E-state index contributed by atoms with van der Waals surface area (Å²) in [4.78, 5) is 8.28. The molecular weight excluding hydrogens is 275 g/mol. The number of rotatable bonds is 6. The average molecular weight is 292 g/mol. The van der Waals surface area contributed by atoms with Crippen molar-refractivity contribution in [1.29, 1.82) is 0 Å². The van der Waals surface area contributed by atoms with Crippen molar-refractivity contribution in [3.8, 4) is 5.75 Å². The molecule has 1 rings (SSSR count). The third kappa shape index (κ3) is 5.32. The Balaban J connectivity index is 2.65. The van der Waals surface area contributed by atoms with E-state index in [1.54, 1.807) is 0 Å². The van der Waals surface area contributed by atoms with Gasteiger partial charge in [-0.1, -0.05) is 33.0 Å². The molecule has 0 fully saturated rings. The maximum Gasteiger partial charge on any atom is 0.356 e. The van der Waals surface area contributed by atoms with Crippen molar-refractivity contribution in [2.24, 2.45) is 0 Å². The van der Waals surface area contributed by atoms with Crippen LogP contribution in [0.25, 0.3) is 0 Å². The van der Waals surface area contributed by atoms with Gasteiger partial charge in [-0.2, -0.15) is 0 Å². The maximum atomic E-state index is 11.9. The third-order valence-electron chi connectivity index (χ3n) is 1.84. The summed E-state index contributed by atoms with van der Waals surface area (Å²) < 4.78 is 17.2. The minimum Gasteiger partial charge on any atom is -0.426 e. The van der Waals surface area contributed by atoms with Crippen molar-refractivity contribution in [3.05, 3.63) is 18.2 Å². The molecule has 0 bridgehead atoms. The molecule has 0 N–H and O–H groups in total. The highest BCUT2D eigenvalue weighted by molar-refractivity contribution is 8.84. The molecule has 0 saturated carbocycles. The maximum absolute atomic E-state index is 11.9. The predicted octanol–water partition coefficient (Wildman–Crippen LogP) is 4.16. The smallest absolute Gasteiger partial charge is 0.356 e. The van der Waals surface area contributed by atoms with Crippen molar-refractivity contribution in [2.45, 2.75) is 33.1 Å². The summed E-state index contributed by atoms with van der Waals surface area (Å²) in [6.07, 6.45) is 4.01. The molecule has 0 aliphatic carbocycles. The van der Waals surface area contributed by atoms with E-state index in [9.17, 15) is 4.57 Å². The van der Waals surface area contributed by atoms with Crippen LogP contribution in [0, 0.1) is 0 Å². The largest absolute Gasteiger partial charge is 0.426 e. The Morgan fingerprint density at radius 3 is 2.53 bits per heavy atom. The Hall–Kier alpha value is -0.190. The lowest BCUT2D eigenvalue weighted by atomic mass is 10.2. The first kappa shape index (κ1) is 14.9. The SMILES string of the molecule is CCCSP(=O)(S)Oc1cnc(C(C)C)nc1. The van der Waals surface area contributed by atoms with Gasteiger partial charge in [0.25, 0.3) is 0 Å². The topological polar surface area (TPSA) is 52.1 Å². The van der Waals surface area contributed by atoms with Gasteiger partial charge in [-0.3, -0.25) is 4.57 Å². The predicted molar refractivity (Wildman–Crippen MR) is 76.1 cm³/mol. The van der Waals surface area contributed by atoms with Crippen LogP contribution in [0.3, 0.4) is 0 Å². The van der Waals surface area contributed by atoms with Crippen LogP contribution in [0.15, 0.2) is 12.4 Å². The number of nitrogens with zero attached hydrogens (tertiary/aromatic N) is 2. The summed E-state index contributed by atoms with van der Waals surface area (Å²) in [5.74, 6) is -0.775. The van der Waals surface area contributed by atoms with Crippen LogP contribution in [0.5, 0.6) is 5.75 Å². The number of hydrogen-bond donors (Lipinski definition) is 1. The standard InChI is InChI=1S/C10H17N2O2PS2/c1-4-5-17-15(13,16)14-9-6-11-10(8(2)3)12-7-9/h6-8H,4-5H2,1-3H3,(H,13,16). The second-order valence-electron chi connectivity index (χ2n) is 3.82. The van der Waals surface area contributed by atoms with Crippen molar-refractivity contribution >= 4 is 29.4 Å². The minimum atomic E-state index is -2.94. The molecule has 0 spiro atoms. The second kappa shape index (κ2) is 6.66. The summed E-state index contributed by atoms with van der Waals surface area (Å²) in [7, 11) is 0. The van der Waals surface area contributed by atoms with E-state index < -0.39 is 5.77 Å². The molecule has 0 saturated heterocycles. The highest BCUT2D eigenvalue weighted by atomic mass is 33.1. The van der Waals surface area contributed by atoms with Gasteiger partial charge in [-0.15, -0.1) is 0 Å². The molecule has 0 aliphatic rings. The summed E-state index contributed by atoms with van der Waals surface area (Å²) in [6.45, 7) is 6.04. The van der Waals surface area contributed by atoms with E-state index in [1.807, 2.05) is 20.8 Å². The zero-order valence-corrected chi connectivity index (χ0v) is 12.8. The first-order valence-corrected chi connectivity index (χ1v) is 9.80. The van der Waals surface area contributed by atoms with E-state index in [0.717, 1.165) is 18.0 Å². The van der Waals surface area contributed by atoms with Crippen LogP contribution in [-0.2, 0) is 4.57 Å². The molecule has 0 amide bonds. The molecule has 1 heterocycles. The van der Waals surface area contributed by atoms with Gasteiger partial charge >= 0.3 is 5.77 Å². The van der Waals surface area contributed by atoms with Crippen LogP contribution >= 0.6 is 29.4 Å². The quantitative estimate of drug-likeness (QED) is 0.630. The van der Waals surface area contributed by atoms with E-state index in [0.29, 0.717) is 5.75 Å². The Kier molecular flexibility index (Phi) is 5.83. The molecule has 96 valence electrons. The molecule has 17 heavy (non-hydrogen) atoms. The first-order chi connectivity index (χ1) is 7.94. The molecule has 1 aromatic rings. The Bertz CT molecular complexity index is 398. The summed E-state index contributed by atoms with van der Waals surface area (Å²) in [6, 6.07) is 0. The van der Waals surface area contributed by atoms with Gasteiger partial charge in [0.05, 0.1) is 12.4 Å². The zero-order chi connectivity index (χ0) is 12.9. The van der Waals surface area contributed by atoms with Crippen LogP contribution < -0.4 is 4.52 Å². The van der Waals surface area contributed by atoms with Gasteiger partial charge in [0.2, 0.25) is 0 Å². The molecule has 0 aromatic carbocycles. The second-order valence-corrected chi connectivity index (χ2v) is 10.2.